The number of aliphatic hydroxyl groups excluding tert-OH is 1. The van der Waals surface area contributed by atoms with E-state index in [0.717, 1.165) is 17.1 Å². The van der Waals surface area contributed by atoms with Crippen LogP contribution in [0.15, 0.2) is 24.3 Å². The maximum absolute atomic E-state index is 9.20. The normalized spacial score (nSPS) is 25.7. The SMILES string of the molecule is CC(C)N1CC(CO)OC1c1ccc(Cl)cc1. The zero-order valence-corrected chi connectivity index (χ0v) is 10.9. The number of hydrogen-bond donors (Lipinski definition) is 1. The summed E-state index contributed by atoms with van der Waals surface area (Å²) in [5.41, 5.74) is 1.08. The Hall–Kier alpha value is -0.610. The van der Waals surface area contributed by atoms with Crippen LogP contribution in [0.1, 0.15) is 25.6 Å². The van der Waals surface area contributed by atoms with Gasteiger partial charge in [-0.25, -0.2) is 0 Å². The fraction of sp³-hybridized carbons (Fsp3) is 0.538. The average Bonchev–Trinajstić information content (AvgIpc) is 2.74. The van der Waals surface area contributed by atoms with Crippen LogP contribution in [0.2, 0.25) is 5.02 Å². The number of nitrogens with zero attached hydrogens (tertiary/aromatic N) is 1. The zero-order chi connectivity index (χ0) is 12.4. The van der Waals surface area contributed by atoms with E-state index in [2.05, 4.69) is 18.7 Å². The van der Waals surface area contributed by atoms with Crippen molar-refractivity contribution in [2.45, 2.75) is 32.2 Å². The highest BCUT2D eigenvalue weighted by Gasteiger charge is 2.34. The van der Waals surface area contributed by atoms with E-state index in [0.29, 0.717) is 6.04 Å². The number of rotatable bonds is 3. The molecule has 1 aliphatic rings. The Bertz CT molecular complexity index is 366. The molecule has 4 heteroatoms. The molecule has 2 atom stereocenters. The lowest BCUT2D eigenvalue weighted by Gasteiger charge is -2.26. The van der Waals surface area contributed by atoms with Gasteiger partial charge in [0.1, 0.15) is 6.23 Å². The van der Waals surface area contributed by atoms with Crippen molar-refractivity contribution in [3.63, 3.8) is 0 Å². The van der Waals surface area contributed by atoms with Crippen LogP contribution in [-0.4, -0.2) is 35.3 Å². The van der Waals surface area contributed by atoms with Gasteiger partial charge in [-0.1, -0.05) is 23.7 Å². The third-order valence-corrected chi connectivity index (χ3v) is 3.31. The molecule has 0 bridgehead atoms. The molecule has 0 spiro atoms. The Kier molecular flexibility index (Phi) is 4.05. The molecule has 1 heterocycles. The maximum atomic E-state index is 9.20. The molecular formula is C13H18ClNO2. The minimum Gasteiger partial charge on any atom is -0.394 e. The van der Waals surface area contributed by atoms with E-state index in [-0.39, 0.29) is 18.9 Å². The summed E-state index contributed by atoms with van der Waals surface area (Å²) in [6, 6.07) is 8.06. The van der Waals surface area contributed by atoms with Gasteiger partial charge in [0.25, 0.3) is 0 Å². The molecule has 1 aromatic rings. The third-order valence-electron chi connectivity index (χ3n) is 3.06. The zero-order valence-electron chi connectivity index (χ0n) is 10.1. The van der Waals surface area contributed by atoms with Crippen molar-refractivity contribution in [3.05, 3.63) is 34.9 Å². The van der Waals surface area contributed by atoms with E-state index in [1.165, 1.54) is 0 Å². The molecule has 0 aliphatic carbocycles. The first-order valence-corrected chi connectivity index (χ1v) is 6.27. The number of benzene rings is 1. The van der Waals surface area contributed by atoms with Gasteiger partial charge in [0.05, 0.1) is 12.7 Å². The summed E-state index contributed by atoms with van der Waals surface area (Å²) in [6.45, 7) is 5.09. The highest BCUT2D eigenvalue weighted by atomic mass is 35.5. The summed E-state index contributed by atoms with van der Waals surface area (Å²) in [5.74, 6) is 0. The summed E-state index contributed by atoms with van der Waals surface area (Å²) in [4.78, 5) is 2.24. The quantitative estimate of drug-likeness (QED) is 0.901. The second-order valence-corrected chi connectivity index (χ2v) is 5.07. The van der Waals surface area contributed by atoms with Gasteiger partial charge < -0.3 is 9.84 Å². The molecule has 0 saturated carbocycles. The Balaban J connectivity index is 2.20. The Morgan fingerprint density at radius 1 is 1.41 bits per heavy atom. The van der Waals surface area contributed by atoms with E-state index in [4.69, 9.17) is 16.3 Å². The van der Waals surface area contributed by atoms with Gasteiger partial charge in [0.2, 0.25) is 0 Å². The van der Waals surface area contributed by atoms with E-state index in [1.807, 2.05) is 24.3 Å². The van der Waals surface area contributed by atoms with Crippen molar-refractivity contribution >= 4 is 11.6 Å². The third kappa shape index (κ3) is 2.80. The van der Waals surface area contributed by atoms with Crippen LogP contribution in [0.4, 0.5) is 0 Å². The van der Waals surface area contributed by atoms with Gasteiger partial charge in [0.15, 0.2) is 0 Å². The smallest absolute Gasteiger partial charge is 0.137 e. The molecule has 0 amide bonds. The first-order valence-electron chi connectivity index (χ1n) is 5.89. The molecule has 17 heavy (non-hydrogen) atoms. The maximum Gasteiger partial charge on any atom is 0.137 e. The minimum atomic E-state index is -0.0990. The number of ether oxygens (including phenoxy) is 1. The molecule has 0 aromatic heterocycles. The standard InChI is InChI=1S/C13H18ClNO2/c1-9(2)15-7-12(8-16)17-13(15)10-3-5-11(14)6-4-10/h3-6,9,12-13,16H,7-8H2,1-2H3. The minimum absolute atomic E-state index is 0.0628. The first-order chi connectivity index (χ1) is 8.11. The monoisotopic (exact) mass is 255 g/mol. The fourth-order valence-corrected chi connectivity index (χ4v) is 2.24. The Morgan fingerprint density at radius 3 is 2.59 bits per heavy atom. The first kappa shape index (κ1) is 12.8. The van der Waals surface area contributed by atoms with Crippen LogP contribution < -0.4 is 0 Å². The molecule has 1 fully saturated rings. The van der Waals surface area contributed by atoms with Gasteiger partial charge in [-0.15, -0.1) is 0 Å². The molecule has 94 valence electrons. The molecule has 2 unspecified atom stereocenters. The fourth-order valence-electron chi connectivity index (χ4n) is 2.11. The highest BCUT2D eigenvalue weighted by Crippen LogP contribution is 2.32. The summed E-state index contributed by atoms with van der Waals surface area (Å²) in [7, 11) is 0. The highest BCUT2D eigenvalue weighted by molar-refractivity contribution is 6.30. The summed E-state index contributed by atoms with van der Waals surface area (Å²) in [6.07, 6.45) is -0.178. The van der Waals surface area contributed by atoms with Crippen molar-refractivity contribution in [2.24, 2.45) is 0 Å². The van der Waals surface area contributed by atoms with Crippen molar-refractivity contribution in [2.75, 3.05) is 13.2 Å². The lowest BCUT2D eigenvalue weighted by Crippen LogP contribution is -2.32. The largest absolute Gasteiger partial charge is 0.394 e. The predicted octanol–water partition coefficient (Wildman–Crippen LogP) is 2.44. The van der Waals surface area contributed by atoms with Gasteiger partial charge in [-0.05, 0) is 31.5 Å². The number of aliphatic hydroxyl groups is 1. The van der Waals surface area contributed by atoms with Crippen LogP contribution in [0.25, 0.3) is 0 Å². The average molecular weight is 256 g/mol. The van der Waals surface area contributed by atoms with Gasteiger partial charge in [0, 0.05) is 17.6 Å². The summed E-state index contributed by atoms with van der Waals surface area (Å²) in [5, 5.41) is 9.93. The predicted molar refractivity (Wildman–Crippen MR) is 68.0 cm³/mol. The molecule has 2 rings (SSSR count). The second-order valence-electron chi connectivity index (χ2n) is 4.64. The van der Waals surface area contributed by atoms with Crippen LogP contribution in [0, 0.1) is 0 Å². The molecule has 1 aromatic carbocycles. The number of halogens is 1. The van der Waals surface area contributed by atoms with Gasteiger partial charge >= 0.3 is 0 Å². The Morgan fingerprint density at radius 2 is 2.06 bits per heavy atom. The van der Waals surface area contributed by atoms with Gasteiger partial charge in [-0.3, -0.25) is 4.90 Å². The molecule has 1 N–H and O–H groups in total. The van der Waals surface area contributed by atoms with Crippen LogP contribution in [-0.2, 0) is 4.74 Å². The van der Waals surface area contributed by atoms with Crippen LogP contribution in [0.3, 0.4) is 0 Å². The van der Waals surface area contributed by atoms with Gasteiger partial charge in [-0.2, -0.15) is 0 Å². The van der Waals surface area contributed by atoms with Crippen LogP contribution >= 0.6 is 11.6 Å². The molecular weight excluding hydrogens is 238 g/mol. The lowest BCUT2D eigenvalue weighted by atomic mass is 10.1. The van der Waals surface area contributed by atoms with Crippen molar-refractivity contribution < 1.29 is 9.84 Å². The van der Waals surface area contributed by atoms with E-state index in [1.54, 1.807) is 0 Å². The van der Waals surface area contributed by atoms with Crippen molar-refractivity contribution in [1.82, 2.24) is 4.90 Å². The number of hydrogen-bond acceptors (Lipinski definition) is 3. The van der Waals surface area contributed by atoms with E-state index >= 15 is 0 Å². The molecule has 1 saturated heterocycles. The molecule has 1 aliphatic heterocycles. The molecule has 3 nitrogen and oxygen atoms in total. The topological polar surface area (TPSA) is 32.7 Å². The molecule has 0 radical (unpaired) electrons. The van der Waals surface area contributed by atoms with E-state index in [9.17, 15) is 5.11 Å². The lowest BCUT2D eigenvalue weighted by molar-refractivity contribution is -0.0266. The van der Waals surface area contributed by atoms with Crippen molar-refractivity contribution in [1.29, 1.82) is 0 Å². The second kappa shape index (κ2) is 5.36. The summed E-state index contributed by atoms with van der Waals surface area (Å²) >= 11 is 5.88. The van der Waals surface area contributed by atoms with Crippen molar-refractivity contribution in [3.8, 4) is 0 Å². The van der Waals surface area contributed by atoms with Crippen LogP contribution in [0.5, 0.6) is 0 Å². The summed E-state index contributed by atoms with van der Waals surface area (Å²) < 4.78 is 5.84. The Labute approximate surface area is 107 Å². The van der Waals surface area contributed by atoms with E-state index < -0.39 is 0 Å².